The van der Waals surface area contributed by atoms with Crippen LogP contribution in [0.1, 0.15) is 16.1 Å². The molecule has 3 heterocycles. The number of rotatable bonds is 6. The predicted molar refractivity (Wildman–Crippen MR) is 98.4 cm³/mol. The van der Waals surface area contributed by atoms with Crippen LogP contribution in [0.15, 0.2) is 70.5 Å². The molecule has 3 aromatic heterocycles. The molecule has 0 bridgehead atoms. The first-order valence-electron chi connectivity index (χ1n) is 8.49. The van der Waals surface area contributed by atoms with E-state index < -0.39 is 0 Å². The molecule has 8 nitrogen and oxygen atoms in total. The van der Waals surface area contributed by atoms with Gasteiger partial charge in [-0.05, 0) is 17.7 Å². The third-order valence-corrected chi connectivity index (χ3v) is 4.17. The topological polar surface area (TPSA) is 95.0 Å². The Morgan fingerprint density at radius 2 is 2.00 bits per heavy atom. The Labute approximate surface area is 154 Å². The number of benzene rings is 1. The fraction of sp³-hybridized carbons (Fsp3) is 0.158. The summed E-state index contributed by atoms with van der Waals surface area (Å²) in [6, 6.07) is 13.0. The minimum Gasteiger partial charge on any atom is -0.459 e. The van der Waals surface area contributed by atoms with Gasteiger partial charge in [0.15, 0.2) is 11.4 Å². The molecule has 0 saturated heterocycles. The van der Waals surface area contributed by atoms with E-state index in [9.17, 15) is 9.59 Å². The van der Waals surface area contributed by atoms with E-state index in [2.05, 4.69) is 15.4 Å². The van der Waals surface area contributed by atoms with Gasteiger partial charge < -0.3 is 9.73 Å². The summed E-state index contributed by atoms with van der Waals surface area (Å²) in [6.07, 6.45) is 4.48. The van der Waals surface area contributed by atoms with E-state index in [-0.39, 0.29) is 17.2 Å². The standard InChI is InChI=1S/C19H17N5O3/c25-18(16-7-4-10-27-16)20-8-9-24-17-15(11-22-24)19(26)23(13-21-17)12-14-5-2-1-3-6-14/h1-7,10-11,13H,8-9,12H2,(H,20,25). The maximum absolute atomic E-state index is 12.7. The van der Waals surface area contributed by atoms with Gasteiger partial charge >= 0.3 is 0 Å². The highest BCUT2D eigenvalue weighted by Crippen LogP contribution is 2.07. The van der Waals surface area contributed by atoms with Crippen LogP contribution in [0.5, 0.6) is 0 Å². The molecule has 0 aliphatic rings. The first-order chi connectivity index (χ1) is 13.2. The summed E-state index contributed by atoms with van der Waals surface area (Å²) in [7, 11) is 0. The maximum Gasteiger partial charge on any atom is 0.287 e. The number of amides is 1. The number of fused-ring (bicyclic) bond motifs is 1. The number of aromatic nitrogens is 4. The van der Waals surface area contributed by atoms with Crippen molar-refractivity contribution in [3.8, 4) is 0 Å². The van der Waals surface area contributed by atoms with Gasteiger partial charge in [-0.3, -0.25) is 14.2 Å². The van der Waals surface area contributed by atoms with Crippen molar-refractivity contribution >= 4 is 16.9 Å². The Balaban J connectivity index is 1.48. The van der Waals surface area contributed by atoms with Crippen LogP contribution >= 0.6 is 0 Å². The zero-order valence-corrected chi connectivity index (χ0v) is 14.4. The molecule has 0 radical (unpaired) electrons. The van der Waals surface area contributed by atoms with Gasteiger partial charge in [0.2, 0.25) is 0 Å². The van der Waals surface area contributed by atoms with Crippen molar-refractivity contribution in [2.45, 2.75) is 13.1 Å². The molecule has 4 aromatic rings. The number of hydrogen-bond acceptors (Lipinski definition) is 5. The first kappa shape index (κ1) is 16.8. The number of nitrogens with one attached hydrogen (secondary N) is 1. The van der Waals surface area contributed by atoms with Crippen LogP contribution in [0.2, 0.25) is 0 Å². The van der Waals surface area contributed by atoms with Crippen LogP contribution in [-0.4, -0.2) is 31.8 Å². The Hall–Kier alpha value is -3.68. The molecule has 0 atom stereocenters. The second-order valence-corrected chi connectivity index (χ2v) is 6.00. The van der Waals surface area contributed by atoms with E-state index in [1.807, 2.05) is 30.3 Å². The van der Waals surface area contributed by atoms with E-state index in [1.165, 1.54) is 18.8 Å². The minimum atomic E-state index is -0.297. The SMILES string of the molecule is O=C(NCCn1ncc2c(=O)n(Cc3ccccc3)cnc21)c1ccco1. The van der Waals surface area contributed by atoms with E-state index in [4.69, 9.17) is 4.42 Å². The molecule has 136 valence electrons. The Morgan fingerprint density at radius 3 is 2.78 bits per heavy atom. The fourth-order valence-corrected chi connectivity index (χ4v) is 2.82. The van der Waals surface area contributed by atoms with Crippen molar-refractivity contribution in [1.82, 2.24) is 24.6 Å². The van der Waals surface area contributed by atoms with Crippen molar-refractivity contribution in [2.75, 3.05) is 6.54 Å². The van der Waals surface area contributed by atoms with Crippen LogP contribution < -0.4 is 10.9 Å². The van der Waals surface area contributed by atoms with Crippen molar-refractivity contribution in [1.29, 1.82) is 0 Å². The summed E-state index contributed by atoms with van der Waals surface area (Å²) in [5.74, 6) is -0.0446. The quantitative estimate of drug-likeness (QED) is 0.562. The Bertz CT molecular complexity index is 1110. The molecule has 8 heteroatoms. The van der Waals surface area contributed by atoms with Crippen LogP contribution in [-0.2, 0) is 13.1 Å². The van der Waals surface area contributed by atoms with Crippen LogP contribution in [0.25, 0.3) is 11.0 Å². The van der Waals surface area contributed by atoms with E-state index in [0.717, 1.165) is 5.56 Å². The van der Waals surface area contributed by atoms with E-state index in [1.54, 1.807) is 21.4 Å². The summed E-state index contributed by atoms with van der Waals surface area (Å²) in [5, 5.41) is 7.42. The van der Waals surface area contributed by atoms with Gasteiger partial charge in [0.05, 0.1) is 25.5 Å². The van der Waals surface area contributed by atoms with Crippen molar-refractivity contribution in [2.24, 2.45) is 0 Å². The van der Waals surface area contributed by atoms with Crippen LogP contribution in [0.3, 0.4) is 0 Å². The number of carbonyl (C=O) groups excluding carboxylic acids is 1. The highest BCUT2D eigenvalue weighted by molar-refractivity contribution is 5.91. The summed E-state index contributed by atoms with van der Waals surface area (Å²) >= 11 is 0. The molecule has 4 rings (SSSR count). The zero-order valence-electron chi connectivity index (χ0n) is 14.4. The van der Waals surface area contributed by atoms with Crippen molar-refractivity contribution in [3.63, 3.8) is 0 Å². The number of furan rings is 1. The summed E-state index contributed by atoms with van der Waals surface area (Å²) in [6.45, 7) is 1.18. The molecule has 1 N–H and O–H groups in total. The molecule has 0 aliphatic carbocycles. The van der Waals surface area contributed by atoms with Gasteiger partial charge in [-0.25, -0.2) is 9.67 Å². The van der Waals surface area contributed by atoms with Gasteiger partial charge in [0.1, 0.15) is 11.7 Å². The Kier molecular flexibility index (Phi) is 4.52. The number of hydrogen-bond donors (Lipinski definition) is 1. The second kappa shape index (κ2) is 7.28. The van der Waals surface area contributed by atoms with Gasteiger partial charge in [-0.1, -0.05) is 30.3 Å². The molecule has 27 heavy (non-hydrogen) atoms. The van der Waals surface area contributed by atoms with Gasteiger partial charge in [0.25, 0.3) is 11.5 Å². The van der Waals surface area contributed by atoms with Gasteiger partial charge in [-0.2, -0.15) is 5.10 Å². The smallest absolute Gasteiger partial charge is 0.287 e. The molecule has 0 unspecified atom stereocenters. The average molecular weight is 363 g/mol. The zero-order chi connectivity index (χ0) is 18.6. The molecule has 0 aliphatic heterocycles. The monoisotopic (exact) mass is 363 g/mol. The van der Waals surface area contributed by atoms with Crippen molar-refractivity contribution < 1.29 is 9.21 Å². The Morgan fingerprint density at radius 1 is 1.15 bits per heavy atom. The number of carbonyl (C=O) groups is 1. The molecule has 0 fully saturated rings. The highest BCUT2D eigenvalue weighted by Gasteiger charge is 2.12. The summed E-state index contributed by atoms with van der Waals surface area (Å²) in [4.78, 5) is 28.9. The third kappa shape index (κ3) is 3.50. The number of nitrogens with zero attached hydrogens (tertiary/aromatic N) is 4. The van der Waals surface area contributed by atoms with Gasteiger partial charge in [0, 0.05) is 6.54 Å². The van der Waals surface area contributed by atoms with E-state index >= 15 is 0 Å². The van der Waals surface area contributed by atoms with Crippen molar-refractivity contribution in [3.05, 3.63) is 82.9 Å². The normalized spacial score (nSPS) is 11.0. The average Bonchev–Trinajstić information content (AvgIpc) is 3.35. The van der Waals surface area contributed by atoms with E-state index in [0.29, 0.717) is 30.7 Å². The predicted octanol–water partition coefficient (Wildman–Crippen LogP) is 1.66. The maximum atomic E-state index is 12.7. The fourth-order valence-electron chi connectivity index (χ4n) is 2.82. The lowest BCUT2D eigenvalue weighted by Gasteiger charge is -2.07. The highest BCUT2D eigenvalue weighted by atomic mass is 16.3. The lowest BCUT2D eigenvalue weighted by molar-refractivity contribution is 0.0924. The minimum absolute atomic E-state index is 0.144. The molecular formula is C19H17N5O3. The van der Waals surface area contributed by atoms with Gasteiger partial charge in [-0.15, -0.1) is 0 Å². The molecule has 0 spiro atoms. The molecule has 0 saturated carbocycles. The second-order valence-electron chi connectivity index (χ2n) is 6.00. The summed E-state index contributed by atoms with van der Waals surface area (Å²) in [5.41, 5.74) is 1.38. The molecule has 1 amide bonds. The molecular weight excluding hydrogens is 346 g/mol. The summed E-state index contributed by atoms with van der Waals surface area (Å²) < 4.78 is 8.20. The first-order valence-corrected chi connectivity index (χ1v) is 8.49. The lowest BCUT2D eigenvalue weighted by Crippen LogP contribution is -2.27. The molecule has 1 aromatic carbocycles. The lowest BCUT2D eigenvalue weighted by atomic mass is 10.2. The van der Waals surface area contributed by atoms with Crippen LogP contribution in [0, 0.1) is 0 Å². The van der Waals surface area contributed by atoms with Crippen LogP contribution in [0.4, 0.5) is 0 Å². The third-order valence-electron chi connectivity index (χ3n) is 4.17. The largest absolute Gasteiger partial charge is 0.459 e.